The monoisotopic (exact) mass is 423 g/mol. The van der Waals surface area contributed by atoms with E-state index in [1.807, 2.05) is 36.1 Å². The van der Waals surface area contributed by atoms with Crippen molar-refractivity contribution in [1.29, 1.82) is 0 Å². The minimum atomic E-state index is -0.795. The van der Waals surface area contributed by atoms with Crippen molar-refractivity contribution >= 4 is 11.8 Å². The summed E-state index contributed by atoms with van der Waals surface area (Å²) in [6.45, 7) is 5.16. The molecule has 6 heteroatoms. The first-order chi connectivity index (χ1) is 15.1. The molecule has 166 valence electrons. The van der Waals surface area contributed by atoms with Gasteiger partial charge in [0.1, 0.15) is 11.9 Å². The van der Waals surface area contributed by atoms with E-state index in [4.69, 9.17) is 9.72 Å². The molecule has 3 heterocycles. The van der Waals surface area contributed by atoms with Crippen molar-refractivity contribution in [2.45, 2.75) is 57.6 Å². The van der Waals surface area contributed by atoms with Crippen LogP contribution in [0, 0.1) is 6.92 Å². The van der Waals surface area contributed by atoms with Crippen LogP contribution < -0.4 is 5.32 Å². The highest BCUT2D eigenvalue weighted by Crippen LogP contribution is 2.27. The number of likely N-dealkylation sites (tertiary alicyclic amines) is 1. The van der Waals surface area contributed by atoms with Gasteiger partial charge >= 0.3 is 5.97 Å². The van der Waals surface area contributed by atoms with E-state index in [0.717, 1.165) is 67.8 Å². The highest BCUT2D eigenvalue weighted by molar-refractivity contribution is 5.75. The van der Waals surface area contributed by atoms with E-state index in [1.165, 1.54) is 12.0 Å². The summed E-state index contributed by atoms with van der Waals surface area (Å²) in [7, 11) is 0. The van der Waals surface area contributed by atoms with Crippen LogP contribution in [0.1, 0.15) is 54.1 Å². The number of carbonyl (C=O) groups is 1. The Hall–Kier alpha value is -2.44. The van der Waals surface area contributed by atoms with E-state index in [2.05, 4.69) is 17.4 Å². The molecule has 2 aromatic rings. The zero-order valence-electron chi connectivity index (χ0n) is 18.3. The van der Waals surface area contributed by atoms with Crippen LogP contribution in [-0.4, -0.2) is 53.3 Å². The van der Waals surface area contributed by atoms with Crippen molar-refractivity contribution in [2.24, 2.45) is 0 Å². The molecule has 0 bridgehead atoms. The molecule has 1 saturated heterocycles. The van der Waals surface area contributed by atoms with Gasteiger partial charge in [-0.15, -0.1) is 0 Å². The number of benzene rings is 1. The van der Waals surface area contributed by atoms with Crippen LogP contribution in [0.3, 0.4) is 0 Å². The van der Waals surface area contributed by atoms with Crippen molar-refractivity contribution < 1.29 is 14.6 Å². The van der Waals surface area contributed by atoms with Gasteiger partial charge < -0.3 is 15.2 Å². The molecule has 31 heavy (non-hydrogen) atoms. The topological polar surface area (TPSA) is 74.7 Å². The Balaban J connectivity index is 1.20. The molecule has 1 fully saturated rings. The van der Waals surface area contributed by atoms with Crippen molar-refractivity contribution in [3.63, 3.8) is 0 Å². The van der Waals surface area contributed by atoms with Crippen LogP contribution in [0.2, 0.25) is 0 Å². The predicted octanol–water partition coefficient (Wildman–Crippen LogP) is 3.99. The van der Waals surface area contributed by atoms with E-state index in [-0.39, 0.29) is 6.10 Å². The number of carboxylic acids is 1. The normalized spacial score (nSPS) is 19.6. The number of aryl methyl sites for hydroxylation is 3. The molecule has 1 aromatic heterocycles. The second kappa shape index (κ2) is 10.2. The van der Waals surface area contributed by atoms with Crippen LogP contribution in [0.25, 0.3) is 0 Å². The second-order valence-corrected chi connectivity index (χ2v) is 8.73. The van der Waals surface area contributed by atoms with Gasteiger partial charge in [0.2, 0.25) is 0 Å². The summed E-state index contributed by atoms with van der Waals surface area (Å²) in [6.07, 6.45) is 6.29. The van der Waals surface area contributed by atoms with Gasteiger partial charge in [-0.1, -0.05) is 35.9 Å². The predicted molar refractivity (Wildman–Crippen MR) is 121 cm³/mol. The lowest BCUT2D eigenvalue weighted by Gasteiger charge is -2.24. The Labute approximate surface area is 184 Å². The maximum atomic E-state index is 11.9. The third kappa shape index (κ3) is 5.63. The fraction of sp³-hybridized carbons (Fsp3) is 0.520. The fourth-order valence-corrected chi connectivity index (χ4v) is 4.55. The molecular weight excluding hydrogens is 390 g/mol. The van der Waals surface area contributed by atoms with Gasteiger partial charge in [0, 0.05) is 31.9 Å². The summed E-state index contributed by atoms with van der Waals surface area (Å²) in [5.74, 6) is 0.268. The third-order valence-corrected chi connectivity index (χ3v) is 6.30. The summed E-state index contributed by atoms with van der Waals surface area (Å²) in [6, 6.07) is 11.6. The standard InChI is InChI=1S/C25H33N3O3/c1-18-7-9-19(10-8-18)23(25(29)30)28-15-13-22(17-28)31-16-3-2-6-21-12-11-20-5-4-14-26-24(20)27-21/h7-12,22-23H,2-6,13-17H2,1H3,(H,26,27)(H,29,30)/t22-,23+/m1/s1. The third-order valence-electron chi connectivity index (χ3n) is 6.30. The Morgan fingerprint density at radius 1 is 1.26 bits per heavy atom. The summed E-state index contributed by atoms with van der Waals surface area (Å²) in [5, 5.41) is 13.2. The maximum absolute atomic E-state index is 11.9. The number of rotatable bonds is 9. The molecule has 2 aliphatic heterocycles. The largest absolute Gasteiger partial charge is 0.480 e. The summed E-state index contributed by atoms with van der Waals surface area (Å²) in [5.41, 5.74) is 4.44. The van der Waals surface area contributed by atoms with E-state index >= 15 is 0 Å². The fourth-order valence-electron chi connectivity index (χ4n) is 4.55. The van der Waals surface area contributed by atoms with Crippen molar-refractivity contribution in [2.75, 3.05) is 31.6 Å². The van der Waals surface area contributed by atoms with Crippen molar-refractivity contribution in [3.8, 4) is 0 Å². The van der Waals surface area contributed by atoms with E-state index in [0.29, 0.717) is 13.2 Å². The molecule has 0 spiro atoms. The SMILES string of the molecule is Cc1ccc([C@@H](C(=O)O)N2CC[C@@H](OCCCCc3ccc4c(n3)NCCC4)C2)cc1. The molecule has 1 aromatic carbocycles. The van der Waals surface area contributed by atoms with Crippen LogP contribution in [0.5, 0.6) is 0 Å². The van der Waals surface area contributed by atoms with Crippen LogP contribution >= 0.6 is 0 Å². The quantitative estimate of drug-likeness (QED) is 0.594. The molecule has 0 aliphatic carbocycles. The Bertz CT molecular complexity index is 884. The first-order valence-corrected chi connectivity index (χ1v) is 11.5. The van der Waals surface area contributed by atoms with Gasteiger partial charge in [0.05, 0.1) is 6.10 Å². The molecule has 4 rings (SSSR count). The average Bonchev–Trinajstić information content (AvgIpc) is 3.23. The number of nitrogens with one attached hydrogen (secondary N) is 1. The minimum absolute atomic E-state index is 0.110. The smallest absolute Gasteiger partial charge is 0.325 e. The molecule has 2 atom stereocenters. The van der Waals surface area contributed by atoms with Crippen LogP contribution in [-0.2, 0) is 22.4 Å². The number of ether oxygens (including phenoxy) is 1. The maximum Gasteiger partial charge on any atom is 0.325 e. The molecule has 0 amide bonds. The summed E-state index contributed by atoms with van der Waals surface area (Å²) < 4.78 is 6.08. The molecule has 2 N–H and O–H groups in total. The second-order valence-electron chi connectivity index (χ2n) is 8.73. The number of hydrogen-bond acceptors (Lipinski definition) is 5. The minimum Gasteiger partial charge on any atom is -0.480 e. The molecular formula is C25H33N3O3. The lowest BCUT2D eigenvalue weighted by molar-refractivity contribution is -0.143. The highest BCUT2D eigenvalue weighted by atomic mass is 16.5. The van der Waals surface area contributed by atoms with Gasteiger partial charge in [-0.25, -0.2) is 4.98 Å². The first-order valence-electron chi connectivity index (χ1n) is 11.5. The first kappa shape index (κ1) is 21.8. The Morgan fingerprint density at radius 3 is 2.90 bits per heavy atom. The van der Waals surface area contributed by atoms with Crippen LogP contribution in [0.15, 0.2) is 36.4 Å². The molecule has 2 aliphatic rings. The zero-order chi connectivity index (χ0) is 21.6. The number of nitrogens with zero attached hydrogens (tertiary/aromatic N) is 2. The number of fused-ring (bicyclic) bond motifs is 1. The van der Waals surface area contributed by atoms with Gasteiger partial charge in [-0.05, 0) is 62.6 Å². The van der Waals surface area contributed by atoms with Crippen LogP contribution in [0.4, 0.5) is 5.82 Å². The number of pyridine rings is 1. The Morgan fingerprint density at radius 2 is 2.10 bits per heavy atom. The van der Waals surface area contributed by atoms with E-state index < -0.39 is 12.0 Å². The number of carboxylic acid groups (broad SMARTS) is 1. The van der Waals surface area contributed by atoms with Gasteiger partial charge in [-0.2, -0.15) is 0 Å². The molecule has 0 saturated carbocycles. The van der Waals surface area contributed by atoms with Gasteiger partial charge in [0.25, 0.3) is 0 Å². The molecule has 0 unspecified atom stereocenters. The summed E-state index contributed by atoms with van der Waals surface area (Å²) >= 11 is 0. The van der Waals surface area contributed by atoms with E-state index in [9.17, 15) is 9.90 Å². The number of anilines is 1. The zero-order valence-corrected chi connectivity index (χ0v) is 18.3. The van der Waals surface area contributed by atoms with E-state index in [1.54, 1.807) is 0 Å². The lowest BCUT2D eigenvalue weighted by Crippen LogP contribution is -2.33. The van der Waals surface area contributed by atoms with Crippen molar-refractivity contribution in [3.05, 3.63) is 58.8 Å². The number of aromatic nitrogens is 1. The molecule has 6 nitrogen and oxygen atoms in total. The Kier molecular flexibility index (Phi) is 7.20. The summed E-state index contributed by atoms with van der Waals surface area (Å²) in [4.78, 5) is 18.7. The lowest BCUT2D eigenvalue weighted by atomic mass is 10.0. The van der Waals surface area contributed by atoms with Gasteiger partial charge in [0.15, 0.2) is 0 Å². The number of hydrogen-bond donors (Lipinski definition) is 2. The van der Waals surface area contributed by atoms with Gasteiger partial charge in [-0.3, -0.25) is 9.69 Å². The highest BCUT2D eigenvalue weighted by Gasteiger charge is 2.33. The number of unbranched alkanes of at least 4 members (excludes halogenated alkanes) is 1. The van der Waals surface area contributed by atoms with Crippen molar-refractivity contribution in [1.82, 2.24) is 9.88 Å². The average molecular weight is 424 g/mol. The number of aliphatic carboxylic acids is 1. The molecule has 0 radical (unpaired) electrons.